The van der Waals surface area contributed by atoms with Gasteiger partial charge in [-0.05, 0) is 39.3 Å². The SMILES string of the molecule is CCNc1ccc([N+](=O)[O-])c(C(=O)N(C)C(C)(C)CC)c1. The summed E-state index contributed by atoms with van der Waals surface area (Å²) in [5, 5.41) is 14.2. The number of carbonyl (C=O) groups excluding carboxylic acids is 1. The van der Waals surface area contributed by atoms with Crippen LogP contribution in [0.2, 0.25) is 0 Å². The summed E-state index contributed by atoms with van der Waals surface area (Å²) in [4.78, 5) is 24.8. The van der Waals surface area contributed by atoms with Crippen molar-refractivity contribution in [1.29, 1.82) is 0 Å². The molecule has 0 heterocycles. The fourth-order valence-electron chi connectivity index (χ4n) is 1.87. The average molecular weight is 293 g/mol. The third-order valence-corrected chi connectivity index (χ3v) is 3.88. The zero-order valence-electron chi connectivity index (χ0n) is 13.3. The van der Waals surface area contributed by atoms with Crippen LogP contribution in [-0.2, 0) is 0 Å². The standard InChI is InChI=1S/C15H23N3O3/c1-6-15(3,4)17(5)14(19)12-10-11(16-7-2)8-9-13(12)18(20)21/h8-10,16H,6-7H2,1-5H3. The van der Waals surface area contributed by atoms with E-state index in [-0.39, 0.29) is 22.7 Å². The van der Waals surface area contributed by atoms with Gasteiger partial charge >= 0.3 is 0 Å². The molecule has 0 fully saturated rings. The molecule has 0 unspecified atom stereocenters. The van der Waals surface area contributed by atoms with Gasteiger partial charge in [0.05, 0.1) is 4.92 Å². The van der Waals surface area contributed by atoms with E-state index in [9.17, 15) is 14.9 Å². The summed E-state index contributed by atoms with van der Waals surface area (Å²) < 4.78 is 0. The molecule has 116 valence electrons. The van der Waals surface area contributed by atoms with E-state index in [4.69, 9.17) is 0 Å². The first kappa shape index (κ1) is 16.9. The van der Waals surface area contributed by atoms with E-state index in [1.165, 1.54) is 6.07 Å². The van der Waals surface area contributed by atoms with Gasteiger partial charge in [0, 0.05) is 30.9 Å². The molecule has 1 rings (SSSR count). The van der Waals surface area contributed by atoms with Crippen molar-refractivity contribution >= 4 is 17.3 Å². The number of hydrogen-bond donors (Lipinski definition) is 1. The summed E-state index contributed by atoms with van der Waals surface area (Å²) >= 11 is 0. The molecule has 0 aromatic heterocycles. The van der Waals surface area contributed by atoms with Crippen LogP contribution in [0.3, 0.4) is 0 Å². The Morgan fingerprint density at radius 1 is 1.38 bits per heavy atom. The van der Waals surface area contributed by atoms with Gasteiger partial charge in [0.2, 0.25) is 0 Å². The molecule has 0 radical (unpaired) electrons. The van der Waals surface area contributed by atoms with Gasteiger partial charge in [0.15, 0.2) is 0 Å². The minimum atomic E-state index is -0.518. The second-order valence-corrected chi connectivity index (χ2v) is 5.55. The molecule has 0 atom stereocenters. The van der Waals surface area contributed by atoms with Crippen molar-refractivity contribution in [3.8, 4) is 0 Å². The largest absolute Gasteiger partial charge is 0.385 e. The van der Waals surface area contributed by atoms with Crippen molar-refractivity contribution in [1.82, 2.24) is 4.90 Å². The van der Waals surface area contributed by atoms with E-state index in [2.05, 4.69) is 5.32 Å². The van der Waals surface area contributed by atoms with Crippen LogP contribution in [0.25, 0.3) is 0 Å². The highest BCUT2D eigenvalue weighted by atomic mass is 16.6. The molecule has 6 heteroatoms. The molecule has 21 heavy (non-hydrogen) atoms. The van der Waals surface area contributed by atoms with Gasteiger partial charge in [-0.15, -0.1) is 0 Å². The number of nitro benzene ring substituents is 1. The number of rotatable bonds is 6. The average Bonchev–Trinajstić information content (AvgIpc) is 2.45. The van der Waals surface area contributed by atoms with Gasteiger partial charge in [-0.2, -0.15) is 0 Å². The Hall–Kier alpha value is -2.11. The van der Waals surface area contributed by atoms with Gasteiger partial charge in [-0.3, -0.25) is 14.9 Å². The van der Waals surface area contributed by atoms with Crippen molar-refractivity contribution in [2.24, 2.45) is 0 Å². The lowest BCUT2D eigenvalue weighted by Gasteiger charge is -2.34. The van der Waals surface area contributed by atoms with Crippen LogP contribution < -0.4 is 5.32 Å². The van der Waals surface area contributed by atoms with Gasteiger partial charge < -0.3 is 10.2 Å². The molecule has 0 spiro atoms. The second-order valence-electron chi connectivity index (χ2n) is 5.55. The van der Waals surface area contributed by atoms with Gasteiger partial charge in [-0.1, -0.05) is 6.92 Å². The second kappa shape index (κ2) is 6.56. The highest BCUT2D eigenvalue weighted by Gasteiger charge is 2.30. The van der Waals surface area contributed by atoms with Crippen molar-refractivity contribution in [2.45, 2.75) is 39.7 Å². The van der Waals surface area contributed by atoms with Crippen molar-refractivity contribution in [2.75, 3.05) is 18.9 Å². The maximum Gasteiger partial charge on any atom is 0.282 e. The van der Waals surface area contributed by atoms with E-state index >= 15 is 0 Å². The van der Waals surface area contributed by atoms with E-state index in [0.717, 1.165) is 6.42 Å². The molecular formula is C15H23N3O3. The number of amides is 1. The van der Waals surface area contributed by atoms with Crippen LogP contribution in [0.5, 0.6) is 0 Å². The summed E-state index contributed by atoms with van der Waals surface area (Å²) in [5.74, 6) is -0.340. The summed E-state index contributed by atoms with van der Waals surface area (Å²) in [6.07, 6.45) is 0.760. The van der Waals surface area contributed by atoms with Crippen molar-refractivity contribution in [3.05, 3.63) is 33.9 Å². The number of carbonyl (C=O) groups is 1. The zero-order chi connectivity index (χ0) is 16.2. The fraction of sp³-hybridized carbons (Fsp3) is 0.533. The zero-order valence-corrected chi connectivity index (χ0v) is 13.3. The molecule has 0 saturated carbocycles. The Morgan fingerprint density at radius 2 is 2.00 bits per heavy atom. The van der Waals surface area contributed by atoms with Crippen molar-refractivity contribution < 1.29 is 9.72 Å². The smallest absolute Gasteiger partial charge is 0.282 e. The van der Waals surface area contributed by atoms with Crippen LogP contribution in [-0.4, -0.2) is 34.9 Å². The number of nitrogens with one attached hydrogen (secondary N) is 1. The van der Waals surface area contributed by atoms with Crippen LogP contribution in [0, 0.1) is 10.1 Å². The first-order valence-corrected chi connectivity index (χ1v) is 7.05. The molecule has 0 saturated heterocycles. The third-order valence-electron chi connectivity index (χ3n) is 3.88. The predicted molar refractivity (Wildman–Crippen MR) is 83.7 cm³/mol. The Balaban J connectivity index is 3.28. The van der Waals surface area contributed by atoms with Crippen LogP contribution in [0.1, 0.15) is 44.5 Å². The maximum atomic E-state index is 12.6. The topological polar surface area (TPSA) is 75.5 Å². The number of benzene rings is 1. The molecule has 0 aliphatic carbocycles. The number of hydrogen-bond acceptors (Lipinski definition) is 4. The molecule has 1 amide bonds. The Labute approximate surface area is 125 Å². The molecule has 1 aromatic carbocycles. The normalized spacial score (nSPS) is 11.1. The summed E-state index contributed by atoms with van der Waals surface area (Å²) in [6, 6.07) is 4.54. The minimum Gasteiger partial charge on any atom is -0.385 e. The van der Waals surface area contributed by atoms with Gasteiger partial charge in [0.1, 0.15) is 5.56 Å². The molecule has 0 bridgehead atoms. The summed E-state index contributed by atoms with van der Waals surface area (Å²) in [6.45, 7) is 8.46. The Morgan fingerprint density at radius 3 is 2.48 bits per heavy atom. The lowest BCUT2D eigenvalue weighted by atomic mass is 9.98. The highest BCUT2D eigenvalue weighted by molar-refractivity contribution is 5.99. The van der Waals surface area contributed by atoms with Gasteiger partial charge in [0.25, 0.3) is 11.6 Å². The Kier molecular flexibility index (Phi) is 5.29. The van der Waals surface area contributed by atoms with Gasteiger partial charge in [-0.25, -0.2) is 0 Å². The van der Waals surface area contributed by atoms with E-state index in [0.29, 0.717) is 12.2 Å². The van der Waals surface area contributed by atoms with E-state index < -0.39 is 4.92 Å². The minimum absolute atomic E-state index is 0.113. The predicted octanol–water partition coefficient (Wildman–Crippen LogP) is 3.29. The maximum absolute atomic E-state index is 12.6. The third kappa shape index (κ3) is 3.71. The monoisotopic (exact) mass is 293 g/mol. The number of anilines is 1. The molecule has 1 aromatic rings. The van der Waals surface area contributed by atoms with E-state index in [1.807, 2.05) is 27.7 Å². The van der Waals surface area contributed by atoms with Crippen LogP contribution >= 0.6 is 0 Å². The summed E-state index contributed by atoms with van der Waals surface area (Å²) in [5.41, 5.74) is 0.288. The summed E-state index contributed by atoms with van der Waals surface area (Å²) in [7, 11) is 1.68. The number of nitrogens with zero attached hydrogens (tertiary/aromatic N) is 2. The molecule has 0 aliphatic rings. The molecule has 6 nitrogen and oxygen atoms in total. The molecular weight excluding hydrogens is 270 g/mol. The van der Waals surface area contributed by atoms with Crippen LogP contribution in [0.15, 0.2) is 18.2 Å². The molecule has 0 aliphatic heterocycles. The quantitative estimate of drug-likeness (QED) is 0.645. The Bertz CT molecular complexity index is 541. The highest BCUT2D eigenvalue weighted by Crippen LogP contribution is 2.27. The molecule has 1 N–H and O–H groups in total. The lowest BCUT2D eigenvalue weighted by molar-refractivity contribution is -0.385. The van der Waals surface area contributed by atoms with Crippen LogP contribution in [0.4, 0.5) is 11.4 Å². The van der Waals surface area contributed by atoms with E-state index in [1.54, 1.807) is 24.1 Å². The fourth-order valence-corrected chi connectivity index (χ4v) is 1.87. The number of nitro groups is 1. The lowest BCUT2D eigenvalue weighted by Crippen LogP contribution is -2.44. The first-order valence-electron chi connectivity index (χ1n) is 7.05. The first-order chi connectivity index (χ1) is 9.74. The van der Waals surface area contributed by atoms with Crippen molar-refractivity contribution in [3.63, 3.8) is 0 Å².